The Morgan fingerprint density at radius 3 is 2.43 bits per heavy atom. The highest BCUT2D eigenvalue weighted by atomic mass is 32.2. The predicted molar refractivity (Wildman–Crippen MR) is 73.7 cm³/mol. The first-order valence-electron chi connectivity index (χ1n) is 6.15. The molecule has 0 radical (unpaired) electrons. The van der Waals surface area contributed by atoms with Crippen LogP contribution in [0.15, 0.2) is 29.2 Å². The standard InChI is InChI=1S/C12H14N4O4S/c1-2-3-10-11(12(17)18)14-15-16(10)8-4-6-9(7-5-8)21(13,19)20/h4-7H,2-3H2,1H3,(H,17,18)(H2,13,19,20). The van der Waals surface area contributed by atoms with Crippen LogP contribution in [-0.4, -0.2) is 34.5 Å². The molecule has 1 aromatic carbocycles. The highest BCUT2D eigenvalue weighted by Gasteiger charge is 2.19. The van der Waals surface area contributed by atoms with E-state index in [1.165, 1.54) is 28.9 Å². The van der Waals surface area contributed by atoms with Crippen molar-refractivity contribution in [2.75, 3.05) is 0 Å². The predicted octanol–water partition coefficient (Wildman–Crippen LogP) is 0.565. The molecule has 0 aliphatic heterocycles. The third-order valence-corrected chi connectivity index (χ3v) is 3.79. The van der Waals surface area contributed by atoms with E-state index in [1.54, 1.807) is 0 Å². The number of aromatic nitrogens is 3. The molecule has 0 atom stereocenters. The van der Waals surface area contributed by atoms with Gasteiger partial charge in [-0.05, 0) is 30.7 Å². The number of hydrogen-bond acceptors (Lipinski definition) is 5. The Balaban J connectivity index is 2.49. The molecule has 1 heterocycles. The number of benzene rings is 1. The third kappa shape index (κ3) is 3.09. The fraction of sp³-hybridized carbons (Fsp3) is 0.250. The first-order chi connectivity index (χ1) is 9.84. The van der Waals surface area contributed by atoms with Crippen molar-refractivity contribution in [1.29, 1.82) is 0 Å². The number of aromatic carboxylic acids is 1. The monoisotopic (exact) mass is 310 g/mol. The van der Waals surface area contributed by atoms with Crippen LogP contribution >= 0.6 is 0 Å². The van der Waals surface area contributed by atoms with Crippen molar-refractivity contribution in [3.63, 3.8) is 0 Å². The number of sulfonamides is 1. The molecule has 9 heteroatoms. The Kier molecular flexibility index (Phi) is 4.05. The average Bonchev–Trinajstić information content (AvgIpc) is 2.82. The van der Waals surface area contributed by atoms with E-state index in [1.807, 2.05) is 6.92 Å². The summed E-state index contributed by atoms with van der Waals surface area (Å²) in [7, 11) is -3.77. The van der Waals surface area contributed by atoms with Crippen LogP contribution in [0.1, 0.15) is 29.5 Å². The lowest BCUT2D eigenvalue weighted by Crippen LogP contribution is -2.12. The minimum absolute atomic E-state index is 0.0261. The topological polar surface area (TPSA) is 128 Å². The van der Waals surface area contributed by atoms with Gasteiger partial charge in [-0.25, -0.2) is 23.0 Å². The van der Waals surface area contributed by atoms with E-state index in [0.29, 0.717) is 17.8 Å². The maximum absolute atomic E-state index is 11.2. The number of carboxylic acids is 1. The molecule has 2 aromatic rings. The lowest BCUT2D eigenvalue weighted by molar-refractivity contribution is 0.0689. The normalized spacial score (nSPS) is 11.5. The molecule has 0 bridgehead atoms. The van der Waals surface area contributed by atoms with Gasteiger partial charge in [-0.15, -0.1) is 5.10 Å². The van der Waals surface area contributed by atoms with Crippen LogP contribution < -0.4 is 5.14 Å². The third-order valence-electron chi connectivity index (χ3n) is 2.86. The highest BCUT2D eigenvalue weighted by molar-refractivity contribution is 7.89. The molecular formula is C12H14N4O4S. The van der Waals surface area contributed by atoms with E-state index in [0.717, 1.165) is 6.42 Å². The zero-order valence-corrected chi connectivity index (χ0v) is 12.0. The summed E-state index contributed by atoms with van der Waals surface area (Å²) in [6, 6.07) is 5.67. The summed E-state index contributed by atoms with van der Waals surface area (Å²) in [6.45, 7) is 1.91. The highest BCUT2D eigenvalue weighted by Crippen LogP contribution is 2.17. The fourth-order valence-corrected chi connectivity index (χ4v) is 2.43. The number of carboxylic acid groups (broad SMARTS) is 1. The zero-order valence-electron chi connectivity index (χ0n) is 11.2. The minimum Gasteiger partial charge on any atom is -0.476 e. The second kappa shape index (κ2) is 5.62. The Labute approximate surface area is 121 Å². The van der Waals surface area contributed by atoms with Crippen molar-refractivity contribution in [2.45, 2.75) is 24.7 Å². The van der Waals surface area contributed by atoms with Crippen molar-refractivity contribution < 1.29 is 18.3 Å². The molecule has 0 spiro atoms. The van der Waals surface area contributed by atoms with E-state index >= 15 is 0 Å². The minimum atomic E-state index is -3.77. The lowest BCUT2D eigenvalue weighted by atomic mass is 10.2. The zero-order chi connectivity index (χ0) is 15.6. The van der Waals surface area contributed by atoms with Crippen molar-refractivity contribution in [2.24, 2.45) is 5.14 Å². The van der Waals surface area contributed by atoms with Gasteiger partial charge < -0.3 is 5.11 Å². The summed E-state index contributed by atoms with van der Waals surface area (Å²) in [5.41, 5.74) is 0.881. The number of nitrogens with zero attached hydrogens (tertiary/aromatic N) is 3. The van der Waals surface area contributed by atoms with Gasteiger partial charge in [0.05, 0.1) is 16.3 Å². The molecule has 3 N–H and O–H groups in total. The van der Waals surface area contributed by atoms with Crippen molar-refractivity contribution in [1.82, 2.24) is 15.0 Å². The van der Waals surface area contributed by atoms with E-state index in [-0.39, 0.29) is 10.6 Å². The van der Waals surface area contributed by atoms with Crippen molar-refractivity contribution in [3.8, 4) is 5.69 Å². The van der Waals surface area contributed by atoms with Gasteiger partial charge in [0.15, 0.2) is 5.69 Å². The van der Waals surface area contributed by atoms with Crippen LogP contribution in [0.2, 0.25) is 0 Å². The first-order valence-corrected chi connectivity index (χ1v) is 7.70. The molecule has 2 rings (SSSR count). The summed E-state index contributed by atoms with van der Waals surface area (Å²) in [5, 5.41) is 21.6. The van der Waals surface area contributed by atoms with Gasteiger partial charge in [0.25, 0.3) is 0 Å². The van der Waals surface area contributed by atoms with Gasteiger partial charge in [0.2, 0.25) is 10.0 Å². The maximum Gasteiger partial charge on any atom is 0.358 e. The number of carbonyl (C=O) groups is 1. The van der Waals surface area contributed by atoms with Crippen LogP contribution in [0.4, 0.5) is 0 Å². The summed E-state index contributed by atoms with van der Waals surface area (Å²) in [4.78, 5) is 11.1. The van der Waals surface area contributed by atoms with Gasteiger partial charge in [0, 0.05) is 0 Å². The molecule has 0 unspecified atom stereocenters. The maximum atomic E-state index is 11.2. The second-order valence-electron chi connectivity index (χ2n) is 4.39. The van der Waals surface area contributed by atoms with Gasteiger partial charge in [-0.3, -0.25) is 0 Å². The summed E-state index contributed by atoms with van der Waals surface area (Å²) >= 11 is 0. The molecule has 112 valence electrons. The van der Waals surface area contributed by atoms with Crippen LogP contribution in [-0.2, 0) is 16.4 Å². The Morgan fingerprint density at radius 2 is 1.95 bits per heavy atom. The number of rotatable bonds is 5. The molecular weight excluding hydrogens is 296 g/mol. The largest absolute Gasteiger partial charge is 0.476 e. The smallest absolute Gasteiger partial charge is 0.358 e. The first kappa shape index (κ1) is 15.1. The molecule has 0 saturated heterocycles. The SMILES string of the molecule is CCCc1c(C(=O)O)nnn1-c1ccc(S(N)(=O)=O)cc1. The second-order valence-corrected chi connectivity index (χ2v) is 5.95. The lowest BCUT2D eigenvalue weighted by Gasteiger charge is -2.06. The van der Waals surface area contributed by atoms with Crippen LogP contribution in [0.25, 0.3) is 5.69 Å². The van der Waals surface area contributed by atoms with E-state index < -0.39 is 16.0 Å². The molecule has 0 aliphatic carbocycles. The molecule has 21 heavy (non-hydrogen) atoms. The van der Waals surface area contributed by atoms with Crippen molar-refractivity contribution >= 4 is 16.0 Å². The Hall–Kier alpha value is -2.26. The van der Waals surface area contributed by atoms with Crippen molar-refractivity contribution in [3.05, 3.63) is 35.7 Å². The van der Waals surface area contributed by atoms with E-state index in [2.05, 4.69) is 10.3 Å². The summed E-state index contributed by atoms with van der Waals surface area (Å²) in [5.74, 6) is -1.15. The van der Waals surface area contributed by atoms with E-state index in [4.69, 9.17) is 10.2 Å². The average molecular weight is 310 g/mol. The molecule has 0 fully saturated rings. The number of hydrogen-bond donors (Lipinski definition) is 2. The summed E-state index contributed by atoms with van der Waals surface area (Å²) in [6.07, 6.45) is 1.22. The quantitative estimate of drug-likeness (QED) is 0.830. The van der Waals surface area contributed by atoms with Gasteiger partial charge in [-0.2, -0.15) is 0 Å². The van der Waals surface area contributed by atoms with Gasteiger partial charge in [0.1, 0.15) is 0 Å². The molecule has 1 aromatic heterocycles. The number of primary sulfonamides is 1. The molecule has 0 saturated carbocycles. The van der Waals surface area contributed by atoms with Crippen LogP contribution in [0, 0.1) is 0 Å². The van der Waals surface area contributed by atoms with E-state index in [9.17, 15) is 13.2 Å². The van der Waals surface area contributed by atoms with Crippen LogP contribution in [0.3, 0.4) is 0 Å². The Morgan fingerprint density at radius 1 is 1.33 bits per heavy atom. The molecule has 8 nitrogen and oxygen atoms in total. The van der Waals surface area contributed by atoms with Gasteiger partial charge in [-0.1, -0.05) is 18.6 Å². The van der Waals surface area contributed by atoms with Gasteiger partial charge >= 0.3 is 5.97 Å². The van der Waals surface area contributed by atoms with Crippen LogP contribution in [0.5, 0.6) is 0 Å². The fourth-order valence-electron chi connectivity index (χ4n) is 1.91. The number of nitrogens with two attached hydrogens (primary N) is 1. The Bertz CT molecular complexity index is 765. The molecule has 0 aliphatic rings. The molecule has 0 amide bonds. The summed E-state index contributed by atoms with van der Waals surface area (Å²) < 4.78 is 23.8.